The number of carbonyl (C=O) groups is 1. The Morgan fingerprint density at radius 2 is 2.17 bits per heavy atom. The van der Waals surface area contributed by atoms with Crippen molar-refractivity contribution in [2.45, 2.75) is 32.1 Å². The van der Waals surface area contributed by atoms with E-state index >= 15 is 0 Å². The summed E-state index contributed by atoms with van der Waals surface area (Å²) in [4.78, 5) is 21.7. The van der Waals surface area contributed by atoms with Crippen molar-refractivity contribution in [3.8, 4) is 0 Å². The van der Waals surface area contributed by atoms with Gasteiger partial charge in [0.2, 0.25) is 5.91 Å². The van der Waals surface area contributed by atoms with E-state index < -0.39 is 0 Å². The lowest BCUT2D eigenvalue weighted by Gasteiger charge is -2.38. The molecule has 1 fully saturated rings. The molecule has 0 unspecified atom stereocenters. The molecule has 0 atom stereocenters. The van der Waals surface area contributed by atoms with Crippen LogP contribution in [0.25, 0.3) is 0 Å². The van der Waals surface area contributed by atoms with Crippen molar-refractivity contribution < 1.29 is 4.79 Å². The topological polar surface area (TPSA) is 72.1 Å². The Balaban J connectivity index is 2.05. The van der Waals surface area contributed by atoms with Crippen molar-refractivity contribution in [1.82, 2.24) is 14.9 Å². The number of nitrogens with two attached hydrogens (primary N) is 1. The van der Waals surface area contributed by atoms with E-state index in [1.807, 2.05) is 19.2 Å². The molecule has 1 amide bonds. The van der Waals surface area contributed by atoms with Gasteiger partial charge in [-0.25, -0.2) is 9.97 Å². The van der Waals surface area contributed by atoms with Gasteiger partial charge in [-0.3, -0.25) is 9.69 Å². The molecule has 2 heterocycles. The third-order valence-electron chi connectivity index (χ3n) is 3.73. The summed E-state index contributed by atoms with van der Waals surface area (Å²) < 4.78 is 0. The standard InChI is InChI=1S/C13H20N4O/c1-10-15-6-3-11(16-10)13(2)4-7-17(8-5-13)9-12(14)18/h3,6H,4-5,7-9H2,1-2H3,(H2,14,18). The number of piperidine rings is 1. The summed E-state index contributed by atoms with van der Waals surface area (Å²) in [6.07, 6.45) is 3.81. The van der Waals surface area contributed by atoms with E-state index in [1.165, 1.54) is 0 Å². The lowest BCUT2D eigenvalue weighted by molar-refractivity contribution is -0.119. The van der Waals surface area contributed by atoms with Crippen LogP contribution < -0.4 is 5.73 Å². The van der Waals surface area contributed by atoms with Crippen LogP contribution in [0.2, 0.25) is 0 Å². The van der Waals surface area contributed by atoms with Crippen LogP contribution in [-0.2, 0) is 10.2 Å². The van der Waals surface area contributed by atoms with Gasteiger partial charge in [0.05, 0.1) is 12.2 Å². The van der Waals surface area contributed by atoms with Crippen LogP contribution in [0.5, 0.6) is 0 Å². The molecule has 0 aromatic carbocycles. The fourth-order valence-corrected chi connectivity index (χ4v) is 2.47. The molecule has 1 aliphatic rings. The van der Waals surface area contributed by atoms with Crippen molar-refractivity contribution in [3.05, 3.63) is 23.8 Å². The molecule has 0 aliphatic carbocycles. The fourth-order valence-electron chi connectivity index (χ4n) is 2.47. The molecule has 1 aliphatic heterocycles. The summed E-state index contributed by atoms with van der Waals surface area (Å²) in [6, 6.07) is 2.00. The second kappa shape index (κ2) is 5.02. The number of aromatic nitrogens is 2. The first-order chi connectivity index (χ1) is 8.49. The average Bonchev–Trinajstić information content (AvgIpc) is 2.32. The van der Waals surface area contributed by atoms with Crippen LogP contribution in [-0.4, -0.2) is 40.4 Å². The van der Waals surface area contributed by atoms with Gasteiger partial charge in [0.15, 0.2) is 0 Å². The molecule has 0 bridgehead atoms. The summed E-state index contributed by atoms with van der Waals surface area (Å²) in [5.41, 5.74) is 6.41. The van der Waals surface area contributed by atoms with Crippen molar-refractivity contribution in [1.29, 1.82) is 0 Å². The number of primary amides is 1. The first-order valence-corrected chi connectivity index (χ1v) is 6.30. The maximum atomic E-state index is 10.9. The molecule has 0 spiro atoms. The molecular weight excluding hydrogens is 228 g/mol. The maximum Gasteiger partial charge on any atom is 0.231 e. The van der Waals surface area contributed by atoms with E-state index in [1.54, 1.807) is 0 Å². The van der Waals surface area contributed by atoms with Crippen LogP contribution in [0.3, 0.4) is 0 Å². The van der Waals surface area contributed by atoms with E-state index in [2.05, 4.69) is 21.8 Å². The molecule has 0 saturated carbocycles. The highest BCUT2D eigenvalue weighted by Crippen LogP contribution is 2.33. The predicted octanol–water partition coefficient (Wildman–Crippen LogP) is 0.624. The Kier molecular flexibility index (Phi) is 3.61. The van der Waals surface area contributed by atoms with Gasteiger partial charge < -0.3 is 5.73 Å². The molecular formula is C13H20N4O. The first kappa shape index (κ1) is 13.0. The Bertz CT molecular complexity index is 438. The number of carbonyl (C=O) groups excluding carboxylic acids is 1. The quantitative estimate of drug-likeness (QED) is 0.851. The van der Waals surface area contributed by atoms with Crippen LogP contribution >= 0.6 is 0 Å². The van der Waals surface area contributed by atoms with E-state index in [0.29, 0.717) is 6.54 Å². The molecule has 18 heavy (non-hydrogen) atoms. The molecule has 1 aromatic rings. The van der Waals surface area contributed by atoms with E-state index in [0.717, 1.165) is 37.4 Å². The molecule has 0 radical (unpaired) electrons. The van der Waals surface area contributed by atoms with Crippen molar-refractivity contribution in [2.75, 3.05) is 19.6 Å². The second-order valence-electron chi connectivity index (χ2n) is 5.29. The van der Waals surface area contributed by atoms with Crippen LogP contribution in [0, 0.1) is 6.92 Å². The number of hydrogen-bond donors (Lipinski definition) is 1. The average molecular weight is 248 g/mol. The Morgan fingerprint density at radius 1 is 1.50 bits per heavy atom. The van der Waals surface area contributed by atoms with E-state index in [9.17, 15) is 4.79 Å². The van der Waals surface area contributed by atoms with Crippen molar-refractivity contribution >= 4 is 5.91 Å². The highest BCUT2D eigenvalue weighted by atomic mass is 16.1. The number of aryl methyl sites for hydroxylation is 1. The minimum absolute atomic E-state index is 0.0852. The summed E-state index contributed by atoms with van der Waals surface area (Å²) in [7, 11) is 0. The summed E-state index contributed by atoms with van der Waals surface area (Å²) in [5.74, 6) is 0.560. The minimum Gasteiger partial charge on any atom is -0.369 e. The lowest BCUT2D eigenvalue weighted by atomic mass is 9.77. The molecule has 2 rings (SSSR count). The molecule has 1 aromatic heterocycles. The van der Waals surface area contributed by atoms with Gasteiger partial charge in [0.1, 0.15) is 5.82 Å². The Morgan fingerprint density at radius 3 is 2.72 bits per heavy atom. The third-order valence-corrected chi connectivity index (χ3v) is 3.73. The Hall–Kier alpha value is -1.49. The SMILES string of the molecule is Cc1nccc(C2(C)CCN(CC(N)=O)CC2)n1. The number of likely N-dealkylation sites (tertiary alicyclic amines) is 1. The van der Waals surface area contributed by atoms with Crippen molar-refractivity contribution in [3.63, 3.8) is 0 Å². The largest absolute Gasteiger partial charge is 0.369 e. The monoisotopic (exact) mass is 248 g/mol. The molecule has 98 valence electrons. The zero-order valence-corrected chi connectivity index (χ0v) is 11.0. The maximum absolute atomic E-state index is 10.9. The van der Waals surface area contributed by atoms with Crippen LogP contribution in [0.15, 0.2) is 12.3 Å². The first-order valence-electron chi connectivity index (χ1n) is 6.30. The fraction of sp³-hybridized carbons (Fsp3) is 0.615. The van der Waals surface area contributed by atoms with Gasteiger partial charge in [-0.2, -0.15) is 0 Å². The number of hydrogen-bond acceptors (Lipinski definition) is 4. The van der Waals surface area contributed by atoms with Gasteiger partial charge >= 0.3 is 0 Å². The predicted molar refractivity (Wildman–Crippen MR) is 69.0 cm³/mol. The van der Waals surface area contributed by atoms with E-state index in [-0.39, 0.29) is 11.3 Å². The van der Waals surface area contributed by atoms with Crippen LogP contribution in [0.1, 0.15) is 31.3 Å². The van der Waals surface area contributed by atoms with Gasteiger partial charge in [-0.15, -0.1) is 0 Å². The number of rotatable bonds is 3. The molecule has 5 heteroatoms. The van der Waals surface area contributed by atoms with Gasteiger partial charge in [-0.05, 0) is 38.9 Å². The van der Waals surface area contributed by atoms with Gasteiger partial charge in [0, 0.05) is 11.6 Å². The van der Waals surface area contributed by atoms with E-state index in [4.69, 9.17) is 5.73 Å². The van der Waals surface area contributed by atoms with Gasteiger partial charge in [-0.1, -0.05) is 6.92 Å². The smallest absolute Gasteiger partial charge is 0.231 e. The summed E-state index contributed by atoms with van der Waals surface area (Å²) in [6.45, 7) is 6.29. The zero-order valence-electron chi connectivity index (χ0n) is 11.0. The highest BCUT2D eigenvalue weighted by Gasteiger charge is 2.33. The Labute approximate surface area is 107 Å². The van der Waals surface area contributed by atoms with Gasteiger partial charge in [0.25, 0.3) is 0 Å². The molecule has 2 N–H and O–H groups in total. The molecule has 5 nitrogen and oxygen atoms in total. The lowest BCUT2D eigenvalue weighted by Crippen LogP contribution is -2.44. The van der Waals surface area contributed by atoms with Crippen molar-refractivity contribution in [2.24, 2.45) is 5.73 Å². The third kappa shape index (κ3) is 2.85. The second-order valence-corrected chi connectivity index (χ2v) is 5.29. The number of nitrogens with zero attached hydrogens (tertiary/aromatic N) is 3. The minimum atomic E-state index is -0.253. The highest BCUT2D eigenvalue weighted by molar-refractivity contribution is 5.75. The zero-order chi connectivity index (χ0) is 13.2. The number of amides is 1. The molecule has 1 saturated heterocycles. The summed E-state index contributed by atoms with van der Waals surface area (Å²) >= 11 is 0. The normalized spacial score (nSPS) is 19.7. The van der Waals surface area contributed by atoms with Crippen LogP contribution in [0.4, 0.5) is 0 Å². The summed E-state index contributed by atoms with van der Waals surface area (Å²) in [5, 5.41) is 0.